The highest BCUT2D eigenvalue weighted by Gasteiger charge is 2.13. The number of hydrogen-bond donors (Lipinski definition) is 0. The van der Waals surface area contributed by atoms with E-state index in [9.17, 15) is 10.1 Å². The number of nitrogens with zero attached hydrogens (tertiary/aromatic N) is 4. The lowest BCUT2D eigenvalue weighted by molar-refractivity contribution is -0.391. The summed E-state index contributed by atoms with van der Waals surface area (Å²) in [7, 11) is 1.61. The van der Waals surface area contributed by atoms with E-state index < -0.39 is 4.92 Å². The molecule has 0 saturated heterocycles. The van der Waals surface area contributed by atoms with Gasteiger partial charge in [-0.05, 0) is 22.6 Å². The average molecular weight is 230 g/mol. The summed E-state index contributed by atoms with van der Waals surface area (Å²) in [5, 5.41) is 10.6. The molecule has 0 bridgehead atoms. The van der Waals surface area contributed by atoms with Crippen LogP contribution in [0.5, 0.6) is 0 Å². The fraction of sp³-hybridized carbons (Fsp3) is 0.0909. The summed E-state index contributed by atoms with van der Waals surface area (Å²) in [4.78, 5) is 18.1. The van der Waals surface area contributed by atoms with Gasteiger partial charge in [0, 0.05) is 18.5 Å². The molecule has 0 aliphatic rings. The van der Waals surface area contributed by atoms with Crippen molar-refractivity contribution in [1.82, 2.24) is 14.5 Å². The van der Waals surface area contributed by atoms with Crippen LogP contribution in [0.3, 0.4) is 0 Å². The third kappa shape index (κ3) is 2.36. The minimum absolute atomic E-state index is 0.0316. The quantitative estimate of drug-likeness (QED) is 0.596. The first-order valence-corrected chi connectivity index (χ1v) is 4.92. The zero-order valence-electron chi connectivity index (χ0n) is 9.15. The minimum atomic E-state index is -0.464. The summed E-state index contributed by atoms with van der Waals surface area (Å²) >= 11 is 0. The van der Waals surface area contributed by atoms with Crippen LogP contribution in [0, 0.1) is 10.1 Å². The Morgan fingerprint density at radius 3 is 2.82 bits per heavy atom. The number of hydrogen-bond acceptors (Lipinski definition) is 4. The van der Waals surface area contributed by atoms with Crippen molar-refractivity contribution >= 4 is 18.0 Å². The molecular formula is C11H10N4O2. The van der Waals surface area contributed by atoms with Gasteiger partial charge < -0.3 is 10.1 Å². The van der Waals surface area contributed by atoms with Gasteiger partial charge in [0.15, 0.2) is 0 Å². The van der Waals surface area contributed by atoms with Gasteiger partial charge in [0.25, 0.3) is 0 Å². The highest BCUT2D eigenvalue weighted by atomic mass is 16.6. The fourth-order valence-corrected chi connectivity index (χ4v) is 1.38. The maximum Gasteiger partial charge on any atom is 0.342 e. The molecule has 0 aliphatic heterocycles. The van der Waals surface area contributed by atoms with Gasteiger partial charge >= 0.3 is 5.82 Å². The van der Waals surface area contributed by atoms with E-state index in [-0.39, 0.29) is 5.82 Å². The highest BCUT2D eigenvalue weighted by molar-refractivity contribution is 5.66. The molecule has 86 valence electrons. The largest absolute Gasteiger partial charge is 0.358 e. The van der Waals surface area contributed by atoms with Gasteiger partial charge in [-0.15, -0.1) is 0 Å². The number of aromatic nitrogens is 3. The maximum absolute atomic E-state index is 10.6. The molecule has 0 saturated carbocycles. The van der Waals surface area contributed by atoms with Crippen molar-refractivity contribution < 1.29 is 4.92 Å². The zero-order valence-corrected chi connectivity index (χ0v) is 9.15. The second-order valence-corrected chi connectivity index (χ2v) is 3.41. The lowest BCUT2D eigenvalue weighted by Crippen LogP contribution is -1.98. The molecule has 0 amide bonds. The summed E-state index contributed by atoms with van der Waals surface area (Å²) in [5.74, 6) is 0.497. The van der Waals surface area contributed by atoms with Crippen LogP contribution < -0.4 is 0 Å². The number of pyridine rings is 1. The van der Waals surface area contributed by atoms with E-state index in [4.69, 9.17) is 0 Å². The predicted octanol–water partition coefficient (Wildman–Crippen LogP) is 1.89. The number of rotatable bonds is 3. The van der Waals surface area contributed by atoms with Crippen LogP contribution in [-0.4, -0.2) is 19.5 Å². The first-order valence-electron chi connectivity index (χ1n) is 4.92. The Morgan fingerprint density at radius 1 is 1.41 bits per heavy atom. The predicted molar refractivity (Wildman–Crippen MR) is 63.0 cm³/mol. The summed E-state index contributed by atoms with van der Waals surface area (Å²) in [6, 6.07) is 3.71. The third-order valence-electron chi connectivity index (χ3n) is 2.30. The van der Waals surface area contributed by atoms with Crippen molar-refractivity contribution in [1.29, 1.82) is 0 Å². The van der Waals surface area contributed by atoms with Crippen molar-refractivity contribution in [2.24, 2.45) is 7.05 Å². The molecule has 6 heteroatoms. The van der Waals surface area contributed by atoms with Gasteiger partial charge in [0.05, 0.1) is 7.05 Å². The van der Waals surface area contributed by atoms with E-state index >= 15 is 0 Å². The molecule has 0 atom stereocenters. The lowest BCUT2D eigenvalue weighted by atomic mass is 10.2. The SMILES string of the molecule is Cn1c([N+](=O)[O-])cnc1/C=C/c1cccnc1. The maximum atomic E-state index is 10.6. The molecule has 0 aliphatic carbocycles. The molecular weight excluding hydrogens is 220 g/mol. The Morgan fingerprint density at radius 2 is 2.24 bits per heavy atom. The van der Waals surface area contributed by atoms with Crippen LogP contribution in [0.15, 0.2) is 30.7 Å². The summed E-state index contributed by atoms with van der Waals surface area (Å²) in [6.45, 7) is 0. The first-order chi connectivity index (χ1) is 8.18. The van der Waals surface area contributed by atoms with Gasteiger partial charge in [-0.25, -0.2) is 9.55 Å². The Labute approximate surface area is 97.4 Å². The third-order valence-corrected chi connectivity index (χ3v) is 2.30. The smallest absolute Gasteiger partial charge is 0.342 e. The van der Waals surface area contributed by atoms with E-state index in [0.29, 0.717) is 5.82 Å². The topological polar surface area (TPSA) is 73.8 Å². The fourth-order valence-electron chi connectivity index (χ4n) is 1.38. The van der Waals surface area contributed by atoms with Crippen LogP contribution in [0.2, 0.25) is 0 Å². The van der Waals surface area contributed by atoms with Crippen molar-refractivity contribution in [2.75, 3.05) is 0 Å². The van der Waals surface area contributed by atoms with Crippen LogP contribution in [0.4, 0.5) is 5.82 Å². The lowest BCUT2D eigenvalue weighted by Gasteiger charge is -1.94. The van der Waals surface area contributed by atoms with E-state index in [1.54, 1.807) is 31.6 Å². The van der Waals surface area contributed by atoms with Crippen LogP contribution in [-0.2, 0) is 7.05 Å². The molecule has 0 radical (unpaired) electrons. The van der Waals surface area contributed by atoms with Gasteiger partial charge in [-0.2, -0.15) is 0 Å². The first kappa shape index (κ1) is 11.0. The van der Waals surface area contributed by atoms with Gasteiger partial charge in [-0.1, -0.05) is 6.07 Å². The molecule has 17 heavy (non-hydrogen) atoms. The van der Waals surface area contributed by atoms with Gasteiger partial charge in [-0.3, -0.25) is 4.98 Å². The van der Waals surface area contributed by atoms with Crippen molar-refractivity contribution in [3.63, 3.8) is 0 Å². The average Bonchev–Trinajstić information content (AvgIpc) is 2.69. The Kier molecular flexibility index (Phi) is 2.95. The minimum Gasteiger partial charge on any atom is -0.358 e. The van der Waals surface area contributed by atoms with Crippen LogP contribution in [0.25, 0.3) is 12.2 Å². The van der Waals surface area contributed by atoms with E-state index in [1.165, 1.54) is 10.8 Å². The molecule has 0 unspecified atom stereocenters. The van der Waals surface area contributed by atoms with Crippen molar-refractivity contribution in [3.8, 4) is 0 Å². The standard InChI is InChI=1S/C11H10N4O2/c1-14-10(13-8-11(14)15(16)17)5-4-9-3-2-6-12-7-9/h2-8H,1H3/b5-4+. The number of imidazole rings is 1. The molecule has 2 heterocycles. The molecule has 2 aromatic heterocycles. The van der Waals surface area contributed by atoms with Gasteiger partial charge in [0.2, 0.25) is 5.82 Å². The second kappa shape index (κ2) is 4.56. The normalized spacial score (nSPS) is 10.9. The summed E-state index contributed by atoms with van der Waals surface area (Å²) in [6.07, 6.45) is 8.14. The second-order valence-electron chi connectivity index (χ2n) is 3.41. The Balaban J connectivity index is 2.25. The Hall–Kier alpha value is -2.50. The van der Waals surface area contributed by atoms with E-state index in [0.717, 1.165) is 5.56 Å². The molecule has 2 aromatic rings. The van der Waals surface area contributed by atoms with Crippen molar-refractivity contribution in [2.45, 2.75) is 0 Å². The number of nitro groups is 1. The summed E-state index contributed by atoms with van der Waals surface area (Å²) < 4.78 is 1.42. The molecule has 6 nitrogen and oxygen atoms in total. The van der Waals surface area contributed by atoms with E-state index in [1.807, 2.05) is 12.1 Å². The monoisotopic (exact) mass is 230 g/mol. The highest BCUT2D eigenvalue weighted by Crippen LogP contribution is 2.13. The molecule has 0 aromatic carbocycles. The molecule has 0 N–H and O–H groups in total. The molecule has 0 fully saturated rings. The van der Waals surface area contributed by atoms with Crippen LogP contribution in [0.1, 0.15) is 11.4 Å². The molecule has 0 spiro atoms. The van der Waals surface area contributed by atoms with Crippen LogP contribution >= 0.6 is 0 Å². The summed E-state index contributed by atoms with van der Waals surface area (Å²) in [5.41, 5.74) is 0.915. The van der Waals surface area contributed by atoms with Gasteiger partial charge in [0.1, 0.15) is 6.20 Å². The van der Waals surface area contributed by atoms with Crippen molar-refractivity contribution in [3.05, 3.63) is 52.2 Å². The molecule has 2 rings (SSSR count). The Bertz CT molecular complexity index is 560. The zero-order chi connectivity index (χ0) is 12.3. The van der Waals surface area contributed by atoms with E-state index in [2.05, 4.69) is 9.97 Å².